The molecule has 0 saturated carbocycles. The molecular weight excluding hydrogens is 156 g/mol. The highest BCUT2D eigenvalue weighted by Crippen LogP contribution is 2.10. The Morgan fingerprint density at radius 3 is 3.00 bits per heavy atom. The summed E-state index contributed by atoms with van der Waals surface area (Å²) in [5.74, 6) is 0. The van der Waals surface area contributed by atoms with E-state index in [2.05, 4.69) is 6.92 Å². The fraction of sp³-hybridized carbons (Fsp3) is 1.00. The highest BCUT2D eigenvalue weighted by Gasteiger charge is 2.20. The second-order valence-electron chi connectivity index (χ2n) is 3.27. The molecule has 0 aliphatic carbocycles. The summed E-state index contributed by atoms with van der Waals surface area (Å²) >= 11 is 0. The summed E-state index contributed by atoms with van der Waals surface area (Å²) in [7, 11) is 0. The number of rotatable bonds is 4. The quantitative estimate of drug-likeness (QED) is 0.645. The van der Waals surface area contributed by atoms with Crippen LogP contribution < -0.4 is 0 Å². The minimum atomic E-state index is -0.328. The van der Waals surface area contributed by atoms with Gasteiger partial charge in [-0.15, -0.1) is 0 Å². The molecule has 0 aromatic carbocycles. The Kier molecular flexibility index (Phi) is 4.58. The fourth-order valence-electron chi connectivity index (χ4n) is 1.29. The Labute approximate surface area is 73.7 Å². The first-order chi connectivity index (χ1) is 5.83. The summed E-state index contributed by atoms with van der Waals surface area (Å²) < 4.78 is 10.7. The molecule has 0 radical (unpaired) electrons. The molecule has 1 rings (SSSR count). The molecule has 72 valence electrons. The van der Waals surface area contributed by atoms with Crippen molar-refractivity contribution in [2.75, 3.05) is 19.8 Å². The van der Waals surface area contributed by atoms with Crippen LogP contribution in [0.2, 0.25) is 0 Å². The summed E-state index contributed by atoms with van der Waals surface area (Å²) in [6, 6.07) is 0. The number of ether oxygens (including phenoxy) is 2. The summed E-state index contributed by atoms with van der Waals surface area (Å²) in [4.78, 5) is 0. The molecule has 3 nitrogen and oxygen atoms in total. The third-order valence-corrected chi connectivity index (χ3v) is 2.00. The summed E-state index contributed by atoms with van der Waals surface area (Å²) in [6.07, 6.45) is 2.75. The molecule has 1 aliphatic heterocycles. The predicted molar refractivity (Wildman–Crippen MR) is 46.1 cm³/mol. The van der Waals surface area contributed by atoms with Gasteiger partial charge in [0.05, 0.1) is 25.4 Å². The molecule has 2 atom stereocenters. The number of aliphatic hydroxyl groups excluding tert-OH is 1. The van der Waals surface area contributed by atoms with Gasteiger partial charge in [-0.1, -0.05) is 13.3 Å². The molecule has 0 bridgehead atoms. The number of hydrogen-bond acceptors (Lipinski definition) is 3. The van der Waals surface area contributed by atoms with E-state index in [1.54, 1.807) is 0 Å². The first-order valence-corrected chi connectivity index (χ1v) is 4.70. The predicted octanol–water partition coefficient (Wildman–Crippen LogP) is 0.953. The Morgan fingerprint density at radius 1 is 1.50 bits per heavy atom. The zero-order valence-electron chi connectivity index (χ0n) is 7.66. The van der Waals surface area contributed by atoms with Crippen LogP contribution in [-0.2, 0) is 9.47 Å². The smallest absolute Gasteiger partial charge is 0.0833 e. The third-order valence-electron chi connectivity index (χ3n) is 2.00. The second kappa shape index (κ2) is 5.51. The van der Waals surface area contributed by atoms with Gasteiger partial charge in [-0.05, 0) is 6.42 Å². The molecular formula is C9H18O3. The molecule has 1 saturated heterocycles. The number of unbranched alkanes of at least 4 members (excludes halogenated alkanes) is 1. The van der Waals surface area contributed by atoms with Crippen LogP contribution >= 0.6 is 0 Å². The van der Waals surface area contributed by atoms with Gasteiger partial charge in [0.15, 0.2) is 0 Å². The van der Waals surface area contributed by atoms with E-state index in [9.17, 15) is 5.11 Å². The van der Waals surface area contributed by atoms with Gasteiger partial charge >= 0.3 is 0 Å². The molecule has 1 N–H and O–H groups in total. The Morgan fingerprint density at radius 2 is 2.33 bits per heavy atom. The van der Waals surface area contributed by atoms with Crippen LogP contribution in [0, 0.1) is 0 Å². The standard InChI is InChI=1S/C9H18O3/c1-2-3-4-12-9-5-8(10)6-11-7-9/h8-10H,2-7H2,1H3. The minimum Gasteiger partial charge on any atom is -0.391 e. The van der Waals surface area contributed by atoms with Gasteiger partial charge < -0.3 is 14.6 Å². The first kappa shape index (κ1) is 9.96. The van der Waals surface area contributed by atoms with Crippen LogP contribution in [0.25, 0.3) is 0 Å². The Hall–Kier alpha value is -0.120. The van der Waals surface area contributed by atoms with Crippen molar-refractivity contribution in [2.45, 2.75) is 38.4 Å². The van der Waals surface area contributed by atoms with E-state index in [1.165, 1.54) is 0 Å². The van der Waals surface area contributed by atoms with Crippen LogP contribution in [-0.4, -0.2) is 37.1 Å². The molecule has 0 amide bonds. The van der Waals surface area contributed by atoms with Crippen molar-refractivity contribution in [3.63, 3.8) is 0 Å². The van der Waals surface area contributed by atoms with Crippen LogP contribution in [0.15, 0.2) is 0 Å². The molecule has 2 unspecified atom stereocenters. The van der Waals surface area contributed by atoms with E-state index in [0.717, 1.165) is 25.9 Å². The van der Waals surface area contributed by atoms with Crippen molar-refractivity contribution in [3.8, 4) is 0 Å². The maximum atomic E-state index is 9.23. The maximum Gasteiger partial charge on any atom is 0.0833 e. The molecule has 1 aliphatic rings. The molecule has 0 aromatic heterocycles. The lowest BCUT2D eigenvalue weighted by Gasteiger charge is -2.26. The average molecular weight is 174 g/mol. The van der Waals surface area contributed by atoms with Crippen molar-refractivity contribution in [1.29, 1.82) is 0 Å². The van der Waals surface area contributed by atoms with E-state index >= 15 is 0 Å². The lowest BCUT2D eigenvalue weighted by atomic mass is 10.1. The SMILES string of the molecule is CCCCOC1COCC(O)C1. The van der Waals surface area contributed by atoms with E-state index in [1.807, 2.05) is 0 Å². The van der Waals surface area contributed by atoms with E-state index in [0.29, 0.717) is 13.2 Å². The molecule has 12 heavy (non-hydrogen) atoms. The summed E-state index contributed by atoms with van der Waals surface area (Å²) in [6.45, 7) is 4.03. The van der Waals surface area contributed by atoms with E-state index in [-0.39, 0.29) is 12.2 Å². The van der Waals surface area contributed by atoms with Crippen molar-refractivity contribution >= 4 is 0 Å². The zero-order chi connectivity index (χ0) is 8.81. The fourth-order valence-corrected chi connectivity index (χ4v) is 1.29. The lowest BCUT2D eigenvalue weighted by Crippen LogP contribution is -2.34. The van der Waals surface area contributed by atoms with Crippen molar-refractivity contribution in [2.24, 2.45) is 0 Å². The average Bonchev–Trinajstić information content (AvgIpc) is 2.05. The Balaban J connectivity index is 2.06. The lowest BCUT2D eigenvalue weighted by molar-refractivity contribution is -0.0987. The minimum absolute atomic E-state index is 0.111. The highest BCUT2D eigenvalue weighted by molar-refractivity contribution is 4.69. The number of hydrogen-bond donors (Lipinski definition) is 1. The van der Waals surface area contributed by atoms with Gasteiger partial charge in [0.25, 0.3) is 0 Å². The van der Waals surface area contributed by atoms with Crippen LogP contribution in [0.1, 0.15) is 26.2 Å². The second-order valence-corrected chi connectivity index (χ2v) is 3.27. The topological polar surface area (TPSA) is 38.7 Å². The van der Waals surface area contributed by atoms with Crippen LogP contribution in [0.4, 0.5) is 0 Å². The molecule has 1 heterocycles. The normalized spacial score (nSPS) is 30.5. The van der Waals surface area contributed by atoms with Gasteiger partial charge in [0.2, 0.25) is 0 Å². The van der Waals surface area contributed by atoms with Crippen molar-refractivity contribution in [1.82, 2.24) is 0 Å². The van der Waals surface area contributed by atoms with Crippen LogP contribution in [0.3, 0.4) is 0 Å². The molecule has 0 spiro atoms. The van der Waals surface area contributed by atoms with Gasteiger partial charge in [-0.3, -0.25) is 0 Å². The highest BCUT2D eigenvalue weighted by atomic mass is 16.5. The third kappa shape index (κ3) is 3.52. The summed E-state index contributed by atoms with van der Waals surface area (Å²) in [5.41, 5.74) is 0. The van der Waals surface area contributed by atoms with Gasteiger partial charge in [-0.2, -0.15) is 0 Å². The maximum absolute atomic E-state index is 9.23. The number of aliphatic hydroxyl groups is 1. The van der Waals surface area contributed by atoms with Crippen LogP contribution in [0.5, 0.6) is 0 Å². The monoisotopic (exact) mass is 174 g/mol. The van der Waals surface area contributed by atoms with E-state index in [4.69, 9.17) is 9.47 Å². The van der Waals surface area contributed by atoms with Crippen molar-refractivity contribution < 1.29 is 14.6 Å². The Bertz CT molecular complexity index is 116. The first-order valence-electron chi connectivity index (χ1n) is 4.70. The summed E-state index contributed by atoms with van der Waals surface area (Å²) in [5, 5.41) is 9.23. The molecule has 3 heteroatoms. The van der Waals surface area contributed by atoms with Gasteiger partial charge in [-0.25, -0.2) is 0 Å². The zero-order valence-corrected chi connectivity index (χ0v) is 7.66. The van der Waals surface area contributed by atoms with E-state index < -0.39 is 0 Å². The largest absolute Gasteiger partial charge is 0.391 e. The molecule has 0 aromatic rings. The molecule has 1 fully saturated rings. The van der Waals surface area contributed by atoms with Gasteiger partial charge in [0.1, 0.15) is 0 Å². The van der Waals surface area contributed by atoms with Gasteiger partial charge in [0, 0.05) is 13.0 Å². The van der Waals surface area contributed by atoms with Crippen molar-refractivity contribution in [3.05, 3.63) is 0 Å².